The average molecular weight is 314 g/mol. The van der Waals surface area contributed by atoms with Crippen LogP contribution in [-0.4, -0.2) is 48.6 Å². The van der Waals surface area contributed by atoms with E-state index in [0.29, 0.717) is 18.0 Å². The lowest BCUT2D eigenvalue weighted by atomic mass is 9.95. The maximum Gasteiger partial charge on any atom is 0.155 e. The molecule has 2 aromatic rings. The van der Waals surface area contributed by atoms with Gasteiger partial charge in [-0.05, 0) is 58.7 Å². The lowest BCUT2D eigenvalue weighted by Gasteiger charge is -2.34. The summed E-state index contributed by atoms with van der Waals surface area (Å²) in [4.78, 5) is 2.57. The molecule has 6 heteroatoms. The Balaban J connectivity index is 1.54. The molecule has 0 N–H and O–H groups in total. The Labute approximate surface area is 137 Å². The van der Waals surface area contributed by atoms with Gasteiger partial charge in [0.25, 0.3) is 0 Å². The number of likely N-dealkylation sites (tertiary alicyclic amines) is 1. The Kier molecular flexibility index (Phi) is 3.93. The summed E-state index contributed by atoms with van der Waals surface area (Å²) in [6, 6.07) is 3.22. The van der Waals surface area contributed by atoms with Crippen molar-refractivity contribution in [1.82, 2.24) is 29.4 Å². The van der Waals surface area contributed by atoms with Crippen LogP contribution in [0.1, 0.15) is 63.1 Å². The fourth-order valence-electron chi connectivity index (χ4n) is 3.67. The Morgan fingerprint density at radius 1 is 1.13 bits per heavy atom. The summed E-state index contributed by atoms with van der Waals surface area (Å²) in [5, 5.41) is 13.4. The van der Waals surface area contributed by atoms with Crippen LogP contribution in [0, 0.1) is 0 Å². The van der Waals surface area contributed by atoms with E-state index < -0.39 is 0 Å². The maximum atomic E-state index is 4.60. The molecule has 0 atom stereocenters. The van der Waals surface area contributed by atoms with E-state index in [1.807, 2.05) is 23.1 Å². The van der Waals surface area contributed by atoms with Crippen molar-refractivity contribution in [2.45, 2.75) is 64.1 Å². The minimum atomic E-state index is 0.560. The second kappa shape index (κ2) is 6.07. The van der Waals surface area contributed by atoms with Crippen molar-refractivity contribution < 1.29 is 0 Å². The monoisotopic (exact) mass is 314 g/mol. The maximum absolute atomic E-state index is 4.60. The van der Waals surface area contributed by atoms with E-state index in [1.54, 1.807) is 0 Å². The fourth-order valence-corrected chi connectivity index (χ4v) is 3.67. The van der Waals surface area contributed by atoms with Gasteiger partial charge < -0.3 is 9.47 Å². The number of piperidine rings is 1. The lowest BCUT2D eigenvalue weighted by Crippen LogP contribution is -2.38. The number of hydrogen-bond donors (Lipinski definition) is 0. The van der Waals surface area contributed by atoms with Gasteiger partial charge in [-0.3, -0.25) is 4.68 Å². The van der Waals surface area contributed by atoms with Gasteiger partial charge in [-0.25, -0.2) is 0 Å². The van der Waals surface area contributed by atoms with Gasteiger partial charge in [0, 0.05) is 30.4 Å². The molecular formula is C17H26N6. The molecule has 3 heterocycles. The summed E-state index contributed by atoms with van der Waals surface area (Å²) in [6.45, 7) is 7.65. The van der Waals surface area contributed by atoms with Crippen LogP contribution < -0.4 is 0 Å². The number of rotatable bonds is 5. The molecule has 1 saturated heterocycles. The fraction of sp³-hybridized carbons (Fsp3) is 0.706. The van der Waals surface area contributed by atoms with Crippen LogP contribution in [0.15, 0.2) is 18.5 Å². The van der Waals surface area contributed by atoms with Crippen LogP contribution in [-0.2, 0) is 6.54 Å². The topological polar surface area (TPSA) is 51.8 Å². The Morgan fingerprint density at radius 2 is 1.91 bits per heavy atom. The molecule has 0 radical (unpaired) electrons. The Bertz CT molecular complexity index is 632. The minimum absolute atomic E-state index is 0.560. The highest BCUT2D eigenvalue weighted by atomic mass is 15.3. The van der Waals surface area contributed by atoms with Crippen LogP contribution in [0.5, 0.6) is 0 Å². The van der Waals surface area contributed by atoms with E-state index in [-0.39, 0.29) is 0 Å². The van der Waals surface area contributed by atoms with Crippen LogP contribution in [0.3, 0.4) is 0 Å². The summed E-state index contributed by atoms with van der Waals surface area (Å²) < 4.78 is 4.37. The summed E-state index contributed by atoms with van der Waals surface area (Å²) in [6.07, 6.45) is 8.74. The normalized spacial score (nSPS) is 20.5. The lowest BCUT2D eigenvalue weighted by molar-refractivity contribution is 0.168. The molecule has 2 aromatic heterocycles. The van der Waals surface area contributed by atoms with E-state index in [9.17, 15) is 0 Å². The van der Waals surface area contributed by atoms with Crippen LogP contribution in [0.4, 0.5) is 0 Å². The van der Waals surface area contributed by atoms with E-state index in [1.165, 1.54) is 44.6 Å². The first-order valence-electron chi connectivity index (χ1n) is 8.87. The smallest absolute Gasteiger partial charge is 0.155 e. The molecule has 2 fully saturated rings. The molecule has 124 valence electrons. The molecular weight excluding hydrogens is 288 g/mol. The van der Waals surface area contributed by atoms with Gasteiger partial charge in [-0.1, -0.05) is 0 Å². The Morgan fingerprint density at radius 3 is 2.52 bits per heavy atom. The summed E-state index contributed by atoms with van der Waals surface area (Å²) in [5.41, 5.74) is 0. The third kappa shape index (κ3) is 3.04. The van der Waals surface area contributed by atoms with Crippen molar-refractivity contribution in [3.8, 4) is 0 Å². The second-order valence-corrected chi connectivity index (χ2v) is 7.18. The Hall–Kier alpha value is -1.69. The van der Waals surface area contributed by atoms with E-state index in [0.717, 1.165) is 12.4 Å². The van der Waals surface area contributed by atoms with Crippen LogP contribution in [0.25, 0.3) is 0 Å². The predicted molar refractivity (Wildman–Crippen MR) is 88.3 cm³/mol. The molecule has 0 unspecified atom stereocenters. The van der Waals surface area contributed by atoms with Gasteiger partial charge in [0.15, 0.2) is 5.82 Å². The first-order chi connectivity index (χ1) is 11.2. The highest BCUT2D eigenvalue weighted by Crippen LogP contribution is 2.40. The van der Waals surface area contributed by atoms with E-state index in [2.05, 4.69) is 38.6 Å². The largest absolute Gasteiger partial charge is 0.310 e. The highest BCUT2D eigenvalue weighted by Gasteiger charge is 2.33. The van der Waals surface area contributed by atoms with Crippen molar-refractivity contribution in [2.24, 2.45) is 0 Å². The number of hydrogen-bond acceptors (Lipinski definition) is 4. The summed E-state index contributed by atoms with van der Waals surface area (Å²) in [7, 11) is 0. The van der Waals surface area contributed by atoms with Gasteiger partial charge in [0.1, 0.15) is 12.4 Å². The number of aromatic nitrogens is 5. The van der Waals surface area contributed by atoms with Gasteiger partial charge in [-0.15, -0.1) is 10.2 Å². The second-order valence-electron chi connectivity index (χ2n) is 7.18. The number of nitrogens with zero attached hydrogens (tertiary/aromatic N) is 6. The molecule has 1 saturated carbocycles. The quantitative estimate of drug-likeness (QED) is 0.850. The van der Waals surface area contributed by atoms with Gasteiger partial charge in [-0.2, -0.15) is 5.10 Å². The zero-order valence-corrected chi connectivity index (χ0v) is 14.1. The van der Waals surface area contributed by atoms with E-state index >= 15 is 0 Å². The molecule has 6 nitrogen and oxygen atoms in total. The van der Waals surface area contributed by atoms with Crippen molar-refractivity contribution in [3.63, 3.8) is 0 Å². The molecule has 0 bridgehead atoms. The molecule has 23 heavy (non-hydrogen) atoms. The molecule has 1 aliphatic carbocycles. The highest BCUT2D eigenvalue weighted by molar-refractivity contribution is 5.09. The third-order valence-corrected chi connectivity index (χ3v) is 5.19. The zero-order valence-electron chi connectivity index (χ0n) is 14.1. The van der Waals surface area contributed by atoms with Crippen molar-refractivity contribution >= 4 is 0 Å². The van der Waals surface area contributed by atoms with Gasteiger partial charge in [0.05, 0.1) is 0 Å². The van der Waals surface area contributed by atoms with E-state index in [4.69, 9.17) is 0 Å². The summed E-state index contributed by atoms with van der Waals surface area (Å²) in [5.74, 6) is 2.85. The average Bonchev–Trinajstić information content (AvgIpc) is 3.10. The predicted octanol–water partition coefficient (Wildman–Crippen LogP) is 2.45. The first-order valence-corrected chi connectivity index (χ1v) is 8.87. The molecule has 0 spiro atoms. The van der Waals surface area contributed by atoms with Crippen molar-refractivity contribution in [1.29, 1.82) is 0 Å². The van der Waals surface area contributed by atoms with Crippen LogP contribution in [0.2, 0.25) is 0 Å². The molecule has 0 amide bonds. The minimum Gasteiger partial charge on any atom is -0.310 e. The third-order valence-electron chi connectivity index (χ3n) is 5.19. The molecule has 1 aliphatic heterocycles. The van der Waals surface area contributed by atoms with Gasteiger partial charge in [0.2, 0.25) is 0 Å². The zero-order chi connectivity index (χ0) is 15.8. The SMILES string of the molecule is CC(C)N1CCC(c2nnc(Cn3cccn3)n2C2CC2)CC1. The standard InChI is InChI=1S/C17H26N6/c1-13(2)21-10-6-14(7-11-21)17-20-19-16(23(17)15-4-5-15)12-22-9-3-8-18-22/h3,8-9,13-15H,4-7,10-12H2,1-2H3. The molecule has 4 rings (SSSR count). The van der Waals surface area contributed by atoms with Gasteiger partial charge >= 0.3 is 0 Å². The van der Waals surface area contributed by atoms with Crippen molar-refractivity contribution in [2.75, 3.05) is 13.1 Å². The molecule has 2 aliphatic rings. The van der Waals surface area contributed by atoms with Crippen molar-refractivity contribution in [3.05, 3.63) is 30.1 Å². The summed E-state index contributed by atoms with van der Waals surface area (Å²) >= 11 is 0. The first kappa shape index (κ1) is 14.9. The van der Waals surface area contributed by atoms with Crippen LogP contribution >= 0.6 is 0 Å². The molecule has 0 aromatic carbocycles.